The SMILES string of the molecule is Cc1cccc(CCNS(=O)(=O)c2ccc(F)cc2Br)c1. The minimum atomic E-state index is -3.65. The highest BCUT2D eigenvalue weighted by Gasteiger charge is 2.17. The molecule has 21 heavy (non-hydrogen) atoms. The molecule has 0 fully saturated rings. The summed E-state index contributed by atoms with van der Waals surface area (Å²) in [5, 5.41) is 0. The van der Waals surface area contributed by atoms with Gasteiger partial charge in [0.1, 0.15) is 5.82 Å². The molecule has 0 unspecified atom stereocenters. The topological polar surface area (TPSA) is 46.2 Å². The summed E-state index contributed by atoms with van der Waals surface area (Å²) in [4.78, 5) is 0.0353. The van der Waals surface area contributed by atoms with E-state index in [9.17, 15) is 12.8 Å². The summed E-state index contributed by atoms with van der Waals surface area (Å²) < 4.78 is 40.1. The Morgan fingerprint density at radius 1 is 1.19 bits per heavy atom. The number of hydrogen-bond donors (Lipinski definition) is 1. The summed E-state index contributed by atoms with van der Waals surface area (Å²) >= 11 is 3.07. The minimum Gasteiger partial charge on any atom is -0.211 e. The summed E-state index contributed by atoms with van der Waals surface area (Å²) in [5.74, 6) is -0.486. The van der Waals surface area contributed by atoms with Crippen LogP contribution in [-0.4, -0.2) is 15.0 Å². The molecule has 0 aliphatic heterocycles. The molecule has 2 aromatic rings. The van der Waals surface area contributed by atoms with E-state index in [-0.39, 0.29) is 15.9 Å². The number of hydrogen-bond acceptors (Lipinski definition) is 2. The Balaban J connectivity index is 2.05. The Labute approximate surface area is 132 Å². The molecule has 0 bridgehead atoms. The van der Waals surface area contributed by atoms with E-state index in [1.54, 1.807) is 0 Å². The van der Waals surface area contributed by atoms with Gasteiger partial charge < -0.3 is 0 Å². The molecule has 112 valence electrons. The van der Waals surface area contributed by atoms with E-state index in [0.29, 0.717) is 6.42 Å². The van der Waals surface area contributed by atoms with Crippen molar-refractivity contribution in [2.24, 2.45) is 0 Å². The average Bonchev–Trinajstić information content (AvgIpc) is 2.38. The van der Waals surface area contributed by atoms with Crippen LogP contribution in [-0.2, 0) is 16.4 Å². The van der Waals surface area contributed by atoms with E-state index in [4.69, 9.17) is 0 Å². The van der Waals surface area contributed by atoms with Crippen molar-refractivity contribution in [1.29, 1.82) is 0 Å². The van der Waals surface area contributed by atoms with Crippen molar-refractivity contribution in [1.82, 2.24) is 4.72 Å². The number of nitrogens with one attached hydrogen (secondary N) is 1. The molecule has 6 heteroatoms. The lowest BCUT2D eigenvalue weighted by molar-refractivity contribution is 0.580. The predicted molar refractivity (Wildman–Crippen MR) is 84.2 cm³/mol. The third kappa shape index (κ3) is 4.36. The zero-order valence-corrected chi connectivity index (χ0v) is 13.8. The number of aryl methyl sites for hydroxylation is 1. The van der Waals surface area contributed by atoms with Gasteiger partial charge in [-0.05, 0) is 53.0 Å². The zero-order chi connectivity index (χ0) is 15.5. The summed E-state index contributed by atoms with van der Waals surface area (Å²) in [6.07, 6.45) is 0.597. The normalized spacial score (nSPS) is 11.6. The van der Waals surface area contributed by atoms with E-state index in [0.717, 1.165) is 23.3 Å². The number of rotatable bonds is 5. The van der Waals surface area contributed by atoms with Crippen molar-refractivity contribution in [3.8, 4) is 0 Å². The average molecular weight is 372 g/mol. The third-order valence-corrected chi connectivity index (χ3v) is 5.41. The maximum Gasteiger partial charge on any atom is 0.241 e. The molecule has 0 spiro atoms. The van der Waals surface area contributed by atoms with Gasteiger partial charge in [0.05, 0.1) is 4.90 Å². The van der Waals surface area contributed by atoms with Crippen molar-refractivity contribution >= 4 is 26.0 Å². The van der Waals surface area contributed by atoms with Gasteiger partial charge in [0, 0.05) is 11.0 Å². The highest BCUT2D eigenvalue weighted by molar-refractivity contribution is 9.10. The van der Waals surface area contributed by atoms with Crippen LogP contribution in [0.15, 0.2) is 51.8 Å². The second-order valence-corrected chi connectivity index (χ2v) is 7.30. The molecule has 1 N–H and O–H groups in total. The second kappa shape index (κ2) is 6.68. The molecule has 0 aliphatic rings. The molecule has 0 saturated carbocycles. The molecule has 0 aliphatic carbocycles. The fourth-order valence-electron chi connectivity index (χ4n) is 1.97. The summed E-state index contributed by atoms with van der Waals surface area (Å²) in [6, 6.07) is 11.4. The smallest absolute Gasteiger partial charge is 0.211 e. The summed E-state index contributed by atoms with van der Waals surface area (Å²) in [7, 11) is -3.65. The van der Waals surface area contributed by atoms with E-state index in [1.807, 2.05) is 31.2 Å². The summed E-state index contributed by atoms with van der Waals surface area (Å²) in [5.41, 5.74) is 2.20. The highest BCUT2D eigenvalue weighted by Crippen LogP contribution is 2.22. The third-order valence-electron chi connectivity index (χ3n) is 2.97. The molecule has 2 aromatic carbocycles. The molecule has 0 atom stereocenters. The molecular formula is C15H15BrFNO2S. The fraction of sp³-hybridized carbons (Fsp3) is 0.200. The Kier molecular flexibility index (Phi) is 5.13. The van der Waals surface area contributed by atoms with Gasteiger partial charge >= 0.3 is 0 Å². The van der Waals surface area contributed by atoms with Gasteiger partial charge in [0.2, 0.25) is 10.0 Å². The number of sulfonamides is 1. The maximum absolute atomic E-state index is 13.0. The van der Waals surface area contributed by atoms with Gasteiger partial charge in [-0.15, -0.1) is 0 Å². The van der Waals surface area contributed by atoms with Gasteiger partial charge in [-0.2, -0.15) is 0 Å². The molecule has 3 nitrogen and oxygen atoms in total. The van der Waals surface area contributed by atoms with Gasteiger partial charge in [-0.3, -0.25) is 0 Å². The van der Waals surface area contributed by atoms with Crippen molar-refractivity contribution in [2.45, 2.75) is 18.2 Å². The van der Waals surface area contributed by atoms with E-state index in [2.05, 4.69) is 20.7 Å². The first-order chi connectivity index (χ1) is 9.88. The second-order valence-electron chi connectivity index (χ2n) is 4.71. The van der Waals surface area contributed by atoms with Gasteiger partial charge in [-0.25, -0.2) is 17.5 Å². The molecular weight excluding hydrogens is 357 g/mol. The fourth-order valence-corrected chi connectivity index (χ4v) is 4.05. The van der Waals surface area contributed by atoms with Gasteiger partial charge in [0.15, 0.2) is 0 Å². The first-order valence-electron chi connectivity index (χ1n) is 6.39. The van der Waals surface area contributed by atoms with Crippen LogP contribution in [0.4, 0.5) is 4.39 Å². The lowest BCUT2D eigenvalue weighted by atomic mass is 10.1. The Morgan fingerprint density at radius 3 is 2.62 bits per heavy atom. The molecule has 2 rings (SSSR count). The minimum absolute atomic E-state index is 0.0353. The van der Waals surface area contributed by atoms with Crippen LogP contribution in [0.3, 0.4) is 0 Å². The largest absolute Gasteiger partial charge is 0.241 e. The molecule has 0 radical (unpaired) electrons. The van der Waals surface area contributed by atoms with E-state index >= 15 is 0 Å². The first-order valence-corrected chi connectivity index (χ1v) is 8.66. The predicted octanol–water partition coefficient (Wildman–Crippen LogP) is 3.42. The van der Waals surface area contributed by atoms with Gasteiger partial charge in [-0.1, -0.05) is 29.8 Å². The highest BCUT2D eigenvalue weighted by atomic mass is 79.9. The Hall–Kier alpha value is -1.24. The molecule has 0 amide bonds. The van der Waals surface area contributed by atoms with Crippen LogP contribution in [0.2, 0.25) is 0 Å². The van der Waals surface area contributed by atoms with Crippen molar-refractivity contribution in [3.63, 3.8) is 0 Å². The molecule has 0 heterocycles. The van der Waals surface area contributed by atoms with Crippen molar-refractivity contribution in [2.75, 3.05) is 6.54 Å². The van der Waals surface area contributed by atoms with Crippen molar-refractivity contribution < 1.29 is 12.8 Å². The number of benzene rings is 2. The van der Waals surface area contributed by atoms with Crippen LogP contribution >= 0.6 is 15.9 Å². The Morgan fingerprint density at radius 2 is 1.95 bits per heavy atom. The van der Waals surface area contributed by atoms with Crippen LogP contribution < -0.4 is 4.72 Å². The van der Waals surface area contributed by atoms with Crippen LogP contribution in [0.25, 0.3) is 0 Å². The molecule has 0 saturated heterocycles. The number of halogens is 2. The van der Waals surface area contributed by atoms with Gasteiger partial charge in [0.25, 0.3) is 0 Å². The standard InChI is InChI=1S/C15H15BrFNO2S/c1-11-3-2-4-12(9-11)7-8-18-21(19,20)15-6-5-13(17)10-14(15)16/h2-6,9-10,18H,7-8H2,1H3. The maximum atomic E-state index is 13.0. The summed E-state index contributed by atoms with van der Waals surface area (Å²) in [6.45, 7) is 2.28. The van der Waals surface area contributed by atoms with Crippen molar-refractivity contribution in [3.05, 3.63) is 63.9 Å². The first kappa shape index (κ1) is 16.1. The molecule has 0 aromatic heterocycles. The lowest BCUT2D eigenvalue weighted by Crippen LogP contribution is -2.26. The zero-order valence-electron chi connectivity index (χ0n) is 11.4. The van der Waals surface area contributed by atoms with Crippen LogP contribution in [0, 0.1) is 12.7 Å². The quantitative estimate of drug-likeness (QED) is 0.874. The monoisotopic (exact) mass is 371 g/mol. The Bertz CT molecular complexity index is 747. The van der Waals surface area contributed by atoms with Crippen LogP contribution in [0.5, 0.6) is 0 Å². The van der Waals surface area contributed by atoms with Crippen LogP contribution in [0.1, 0.15) is 11.1 Å². The lowest BCUT2D eigenvalue weighted by Gasteiger charge is -2.09. The van der Waals surface area contributed by atoms with E-state index < -0.39 is 15.8 Å². The van der Waals surface area contributed by atoms with E-state index in [1.165, 1.54) is 6.07 Å².